The number of rotatable bonds is 4. The molecule has 0 radical (unpaired) electrons. The second-order valence-corrected chi connectivity index (χ2v) is 5.83. The van der Waals surface area contributed by atoms with Gasteiger partial charge in [0.15, 0.2) is 5.78 Å². The molecule has 1 fully saturated rings. The van der Waals surface area contributed by atoms with E-state index in [2.05, 4.69) is 12.1 Å². The molecule has 2 aromatic rings. The maximum Gasteiger partial charge on any atom is 0.172 e. The molecule has 0 saturated carbocycles. The van der Waals surface area contributed by atoms with Gasteiger partial charge in [-0.1, -0.05) is 18.2 Å². The number of ether oxygens (including phenoxy) is 1. The Bertz CT molecular complexity index is 519. The minimum absolute atomic E-state index is 0.256. The van der Waals surface area contributed by atoms with E-state index in [1.54, 1.807) is 11.3 Å². The Labute approximate surface area is 111 Å². The van der Waals surface area contributed by atoms with Gasteiger partial charge < -0.3 is 4.74 Å². The van der Waals surface area contributed by atoms with Crippen LogP contribution in [0, 0.1) is 0 Å². The van der Waals surface area contributed by atoms with Crippen molar-refractivity contribution >= 4 is 27.2 Å². The summed E-state index contributed by atoms with van der Waals surface area (Å²) in [6.07, 6.45) is 4.04. The maximum absolute atomic E-state index is 12.1. The Morgan fingerprint density at radius 1 is 1.39 bits per heavy atom. The van der Waals surface area contributed by atoms with Crippen molar-refractivity contribution in [3.63, 3.8) is 0 Å². The van der Waals surface area contributed by atoms with E-state index in [9.17, 15) is 4.79 Å². The number of carbonyl (C=O) groups is 1. The van der Waals surface area contributed by atoms with Crippen molar-refractivity contribution < 1.29 is 9.53 Å². The molecular weight excluding hydrogens is 244 g/mol. The van der Waals surface area contributed by atoms with Gasteiger partial charge in [0.05, 0.1) is 11.0 Å². The summed E-state index contributed by atoms with van der Waals surface area (Å²) in [5.74, 6) is 0.256. The van der Waals surface area contributed by atoms with Crippen LogP contribution in [0.1, 0.15) is 35.4 Å². The standard InChI is InChI=1S/C15H16O2S/c16-13(8-7-12-5-3-9-17-12)15-10-11-4-1-2-6-14(11)18-15/h1-2,4,6,10,12H,3,5,7-9H2. The molecule has 0 bridgehead atoms. The predicted octanol–water partition coefficient (Wildman–Crippen LogP) is 4.04. The SMILES string of the molecule is O=C(CCC1CCCO1)c1cc2ccccc2s1. The van der Waals surface area contributed by atoms with Gasteiger partial charge >= 0.3 is 0 Å². The van der Waals surface area contributed by atoms with Crippen LogP contribution < -0.4 is 0 Å². The summed E-state index contributed by atoms with van der Waals surface area (Å²) in [6.45, 7) is 0.863. The summed E-state index contributed by atoms with van der Waals surface area (Å²) in [4.78, 5) is 13.0. The predicted molar refractivity (Wildman–Crippen MR) is 74.4 cm³/mol. The van der Waals surface area contributed by atoms with E-state index in [0.29, 0.717) is 12.5 Å². The highest BCUT2D eigenvalue weighted by atomic mass is 32.1. The first-order valence-corrected chi connectivity index (χ1v) is 7.28. The number of hydrogen-bond acceptors (Lipinski definition) is 3. The van der Waals surface area contributed by atoms with Crippen LogP contribution in [0.25, 0.3) is 10.1 Å². The lowest BCUT2D eigenvalue weighted by Crippen LogP contribution is -2.07. The molecule has 2 heterocycles. The Morgan fingerprint density at radius 2 is 2.28 bits per heavy atom. The quantitative estimate of drug-likeness (QED) is 0.775. The Kier molecular flexibility index (Phi) is 3.43. The second-order valence-electron chi connectivity index (χ2n) is 4.75. The fourth-order valence-electron chi connectivity index (χ4n) is 2.41. The lowest BCUT2D eigenvalue weighted by molar-refractivity contribution is 0.0862. The molecule has 0 spiro atoms. The fourth-order valence-corrected chi connectivity index (χ4v) is 3.44. The molecule has 1 aliphatic heterocycles. The van der Waals surface area contributed by atoms with E-state index in [4.69, 9.17) is 4.74 Å². The van der Waals surface area contributed by atoms with Gasteiger partial charge in [0, 0.05) is 17.7 Å². The van der Waals surface area contributed by atoms with Crippen molar-refractivity contribution in [2.45, 2.75) is 31.8 Å². The van der Waals surface area contributed by atoms with E-state index in [1.165, 1.54) is 10.1 Å². The number of benzene rings is 1. The smallest absolute Gasteiger partial charge is 0.172 e. The fraction of sp³-hybridized carbons (Fsp3) is 0.400. The van der Waals surface area contributed by atoms with Crippen molar-refractivity contribution in [1.82, 2.24) is 0 Å². The van der Waals surface area contributed by atoms with Crippen LogP contribution in [0.2, 0.25) is 0 Å². The summed E-state index contributed by atoms with van der Waals surface area (Å²) < 4.78 is 6.74. The van der Waals surface area contributed by atoms with Crippen molar-refractivity contribution in [3.8, 4) is 0 Å². The summed E-state index contributed by atoms with van der Waals surface area (Å²) in [5, 5.41) is 1.17. The molecule has 1 aromatic carbocycles. The topological polar surface area (TPSA) is 26.3 Å². The third-order valence-electron chi connectivity index (χ3n) is 3.42. The Morgan fingerprint density at radius 3 is 3.06 bits per heavy atom. The van der Waals surface area contributed by atoms with Gasteiger partial charge in [-0.2, -0.15) is 0 Å². The highest BCUT2D eigenvalue weighted by molar-refractivity contribution is 7.20. The first-order valence-electron chi connectivity index (χ1n) is 6.46. The lowest BCUT2D eigenvalue weighted by atomic mass is 10.1. The van der Waals surface area contributed by atoms with Gasteiger partial charge in [0.1, 0.15) is 0 Å². The third-order valence-corrected chi connectivity index (χ3v) is 4.57. The van der Waals surface area contributed by atoms with Gasteiger partial charge in [0.25, 0.3) is 0 Å². The monoisotopic (exact) mass is 260 g/mol. The number of carbonyl (C=O) groups excluding carboxylic acids is 1. The van der Waals surface area contributed by atoms with Crippen molar-refractivity contribution in [1.29, 1.82) is 0 Å². The molecule has 1 aromatic heterocycles. The van der Waals surface area contributed by atoms with Gasteiger partial charge in [0.2, 0.25) is 0 Å². The molecule has 2 nitrogen and oxygen atoms in total. The molecular formula is C15H16O2S. The summed E-state index contributed by atoms with van der Waals surface area (Å²) >= 11 is 1.60. The zero-order valence-electron chi connectivity index (χ0n) is 10.2. The van der Waals surface area contributed by atoms with Crippen molar-refractivity contribution in [3.05, 3.63) is 35.2 Å². The average molecular weight is 260 g/mol. The van der Waals surface area contributed by atoms with E-state index < -0.39 is 0 Å². The maximum atomic E-state index is 12.1. The zero-order valence-corrected chi connectivity index (χ0v) is 11.0. The Balaban J connectivity index is 1.67. The average Bonchev–Trinajstić information content (AvgIpc) is 3.04. The van der Waals surface area contributed by atoms with Gasteiger partial charge in [-0.25, -0.2) is 0 Å². The van der Waals surface area contributed by atoms with Crippen LogP contribution in [0.5, 0.6) is 0 Å². The molecule has 94 valence electrons. The van der Waals surface area contributed by atoms with Crippen LogP contribution in [-0.2, 0) is 4.74 Å². The first-order chi connectivity index (χ1) is 8.83. The van der Waals surface area contributed by atoms with Crippen molar-refractivity contribution in [2.24, 2.45) is 0 Å². The van der Waals surface area contributed by atoms with E-state index >= 15 is 0 Å². The molecule has 3 rings (SSSR count). The molecule has 1 aliphatic rings. The molecule has 1 saturated heterocycles. The number of ketones is 1. The van der Waals surface area contributed by atoms with Crippen molar-refractivity contribution in [2.75, 3.05) is 6.61 Å². The highest BCUT2D eigenvalue weighted by Gasteiger charge is 2.18. The summed E-state index contributed by atoms with van der Waals surface area (Å²) in [6, 6.07) is 10.2. The summed E-state index contributed by atoms with van der Waals surface area (Å²) in [5.41, 5.74) is 0. The second kappa shape index (κ2) is 5.21. The molecule has 1 unspecified atom stereocenters. The molecule has 18 heavy (non-hydrogen) atoms. The van der Waals surface area contributed by atoms with Crippen LogP contribution in [-0.4, -0.2) is 18.5 Å². The minimum Gasteiger partial charge on any atom is -0.378 e. The number of fused-ring (bicyclic) bond motifs is 1. The molecule has 1 atom stereocenters. The van der Waals surface area contributed by atoms with Crippen LogP contribution >= 0.6 is 11.3 Å². The van der Waals surface area contributed by atoms with E-state index in [1.807, 2.05) is 18.2 Å². The largest absolute Gasteiger partial charge is 0.378 e. The van der Waals surface area contributed by atoms with E-state index in [0.717, 1.165) is 30.7 Å². The molecule has 3 heteroatoms. The van der Waals surface area contributed by atoms with Gasteiger partial charge in [-0.05, 0) is 36.8 Å². The Hall–Kier alpha value is -1.19. The number of hydrogen-bond donors (Lipinski definition) is 0. The van der Waals surface area contributed by atoms with Gasteiger partial charge in [-0.3, -0.25) is 4.79 Å². The van der Waals surface area contributed by atoms with Crippen LogP contribution in [0.15, 0.2) is 30.3 Å². The van der Waals surface area contributed by atoms with Crippen LogP contribution in [0.4, 0.5) is 0 Å². The van der Waals surface area contributed by atoms with Crippen LogP contribution in [0.3, 0.4) is 0 Å². The lowest BCUT2D eigenvalue weighted by Gasteiger charge is -2.06. The highest BCUT2D eigenvalue weighted by Crippen LogP contribution is 2.27. The normalized spacial score (nSPS) is 19.4. The molecule has 0 amide bonds. The first kappa shape index (κ1) is 11.9. The number of Topliss-reactive ketones (excluding diaryl/α,β-unsaturated/α-hetero) is 1. The third kappa shape index (κ3) is 2.47. The number of thiophene rings is 1. The minimum atomic E-state index is 0.256. The zero-order chi connectivity index (χ0) is 12.4. The van der Waals surface area contributed by atoms with E-state index in [-0.39, 0.29) is 5.78 Å². The van der Waals surface area contributed by atoms with Gasteiger partial charge in [-0.15, -0.1) is 11.3 Å². The molecule has 0 aliphatic carbocycles. The molecule has 0 N–H and O–H groups in total. The summed E-state index contributed by atoms with van der Waals surface area (Å²) in [7, 11) is 0.